The fourth-order valence-corrected chi connectivity index (χ4v) is 3.61. The minimum atomic E-state index is -0.499. The average molecular weight is 496 g/mol. The van der Waals surface area contributed by atoms with Crippen LogP contribution in [0.3, 0.4) is 0 Å². The maximum absolute atomic E-state index is 13.1. The van der Waals surface area contributed by atoms with Gasteiger partial charge in [0.1, 0.15) is 23.8 Å². The third-order valence-corrected chi connectivity index (χ3v) is 5.61. The summed E-state index contributed by atoms with van der Waals surface area (Å²) in [6.45, 7) is 4.31. The predicted molar refractivity (Wildman–Crippen MR) is 134 cm³/mol. The van der Waals surface area contributed by atoms with E-state index in [2.05, 4.69) is 20.7 Å². The zero-order valence-corrected chi connectivity index (χ0v) is 20.6. The molecule has 0 bridgehead atoms. The summed E-state index contributed by atoms with van der Waals surface area (Å²) in [5.41, 5.74) is 4.06. The van der Waals surface area contributed by atoms with Crippen molar-refractivity contribution in [2.75, 3.05) is 31.0 Å². The standard InChI is InChI=1S/C24H26ClN7O3/c1-15-21(17-13-26-31(3)14-17)30-32(18-8-6-5-7-9-18)22(15)29-24(33)28-20-12-19(25)16(2)27-23(20)35-11-10-34-4/h5-9,12-14H,10-11H2,1-4H3,(H2,28,29,33). The molecule has 35 heavy (non-hydrogen) atoms. The van der Waals surface area contributed by atoms with Crippen LogP contribution in [0.25, 0.3) is 16.9 Å². The highest BCUT2D eigenvalue weighted by Crippen LogP contribution is 2.31. The molecule has 0 unspecified atom stereocenters. The first kappa shape index (κ1) is 24.2. The number of methoxy groups -OCH3 is 1. The smallest absolute Gasteiger partial charge is 0.325 e. The van der Waals surface area contributed by atoms with Crippen LogP contribution in [0.5, 0.6) is 5.88 Å². The second kappa shape index (κ2) is 10.6. The van der Waals surface area contributed by atoms with Gasteiger partial charge in [-0.05, 0) is 32.0 Å². The maximum atomic E-state index is 13.1. The van der Waals surface area contributed by atoms with Gasteiger partial charge in [0.15, 0.2) is 0 Å². The largest absolute Gasteiger partial charge is 0.474 e. The molecule has 0 fully saturated rings. The van der Waals surface area contributed by atoms with Crippen LogP contribution >= 0.6 is 11.6 Å². The number of aryl methyl sites for hydroxylation is 2. The Kier molecular flexibility index (Phi) is 7.33. The number of ether oxygens (including phenoxy) is 2. The van der Waals surface area contributed by atoms with Gasteiger partial charge in [-0.1, -0.05) is 29.8 Å². The number of pyridine rings is 1. The van der Waals surface area contributed by atoms with Crippen molar-refractivity contribution in [3.8, 4) is 22.8 Å². The fraction of sp³-hybridized carbons (Fsp3) is 0.250. The fourth-order valence-electron chi connectivity index (χ4n) is 3.46. The van der Waals surface area contributed by atoms with Gasteiger partial charge in [-0.3, -0.25) is 10.00 Å². The van der Waals surface area contributed by atoms with Gasteiger partial charge in [0.2, 0.25) is 5.88 Å². The molecule has 3 aromatic heterocycles. The monoisotopic (exact) mass is 495 g/mol. The number of carbonyl (C=O) groups is 1. The molecule has 2 N–H and O–H groups in total. The summed E-state index contributed by atoms with van der Waals surface area (Å²) in [7, 11) is 3.42. The highest BCUT2D eigenvalue weighted by Gasteiger charge is 2.21. The van der Waals surface area contributed by atoms with Crippen molar-refractivity contribution in [1.29, 1.82) is 0 Å². The zero-order chi connectivity index (χ0) is 24.9. The highest BCUT2D eigenvalue weighted by molar-refractivity contribution is 6.31. The Balaban J connectivity index is 1.66. The number of carbonyl (C=O) groups excluding carboxylic acids is 1. The second-order valence-corrected chi connectivity index (χ2v) is 8.21. The van der Waals surface area contributed by atoms with Crippen LogP contribution in [0, 0.1) is 13.8 Å². The Morgan fingerprint density at radius 2 is 1.91 bits per heavy atom. The van der Waals surface area contributed by atoms with Crippen LogP contribution in [0.15, 0.2) is 48.8 Å². The van der Waals surface area contributed by atoms with E-state index in [4.69, 9.17) is 26.2 Å². The summed E-state index contributed by atoms with van der Waals surface area (Å²) < 4.78 is 14.1. The number of benzene rings is 1. The van der Waals surface area contributed by atoms with Crippen LogP contribution in [0.2, 0.25) is 5.02 Å². The van der Waals surface area contributed by atoms with Crippen LogP contribution in [0.1, 0.15) is 11.3 Å². The summed E-state index contributed by atoms with van der Waals surface area (Å²) in [6, 6.07) is 10.7. The first-order valence-corrected chi connectivity index (χ1v) is 11.3. The Labute approximate surface area is 207 Å². The SMILES string of the molecule is COCCOc1nc(C)c(Cl)cc1NC(=O)Nc1c(C)c(-c2cnn(C)c2)nn1-c1ccccc1. The molecule has 0 aliphatic rings. The summed E-state index contributed by atoms with van der Waals surface area (Å²) in [5, 5.41) is 15.1. The quantitative estimate of drug-likeness (QED) is 0.346. The number of nitrogens with zero attached hydrogens (tertiary/aromatic N) is 5. The molecule has 1 aromatic carbocycles. The lowest BCUT2D eigenvalue weighted by molar-refractivity contribution is 0.144. The number of amides is 2. The molecule has 4 aromatic rings. The highest BCUT2D eigenvalue weighted by atomic mass is 35.5. The molecule has 182 valence electrons. The third kappa shape index (κ3) is 5.44. The number of para-hydroxylation sites is 1. The van der Waals surface area contributed by atoms with E-state index in [-0.39, 0.29) is 12.5 Å². The van der Waals surface area contributed by atoms with E-state index in [9.17, 15) is 4.79 Å². The van der Waals surface area contributed by atoms with Crippen molar-refractivity contribution in [3.63, 3.8) is 0 Å². The van der Waals surface area contributed by atoms with E-state index in [0.717, 1.165) is 16.8 Å². The summed E-state index contributed by atoms with van der Waals surface area (Å²) in [4.78, 5) is 17.5. The molecule has 3 heterocycles. The van der Waals surface area contributed by atoms with Gasteiger partial charge < -0.3 is 14.8 Å². The molecule has 0 atom stereocenters. The number of anilines is 2. The Morgan fingerprint density at radius 1 is 1.14 bits per heavy atom. The number of nitrogens with one attached hydrogen (secondary N) is 2. The molecule has 11 heteroatoms. The molecular formula is C24H26ClN7O3. The van der Waals surface area contributed by atoms with E-state index in [1.54, 1.807) is 35.7 Å². The van der Waals surface area contributed by atoms with Crippen molar-refractivity contribution in [1.82, 2.24) is 24.5 Å². The predicted octanol–water partition coefficient (Wildman–Crippen LogP) is 4.61. The van der Waals surface area contributed by atoms with Gasteiger partial charge in [0.25, 0.3) is 0 Å². The Bertz CT molecular complexity index is 1330. The van der Waals surface area contributed by atoms with Crippen molar-refractivity contribution in [2.24, 2.45) is 7.05 Å². The van der Waals surface area contributed by atoms with Crippen molar-refractivity contribution < 1.29 is 14.3 Å². The number of aromatic nitrogens is 5. The molecule has 0 aliphatic heterocycles. The normalized spacial score (nSPS) is 10.9. The number of hydrogen-bond donors (Lipinski definition) is 2. The van der Waals surface area contributed by atoms with E-state index in [0.29, 0.717) is 34.5 Å². The second-order valence-electron chi connectivity index (χ2n) is 7.80. The van der Waals surface area contributed by atoms with Crippen molar-refractivity contribution >= 4 is 29.1 Å². The lowest BCUT2D eigenvalue weighted by Crippen LogP contribution is -2.22. The first-order chi connectivity index (χ1) is 16.9. The van der Waals surface area contributed by atoms with E-state index < -0.39 is 6.03 Å². The molecule has 0 spiro atoms. The maximum Gasteiger partial charge on any atom is 0.325 e. The molecule has 0 radical (unpaired) electrons. The minimum absolute atomic E-state index is 0.253. The van der Waals surface area contributed by atoms with Gasteiger partial charge >= 0.3 is 6.03 Å². The molecular weight excluding hydrogens is 470 g/mol. The van der Waals surface area contributed by atoms with Crippen LogP contribution in [-0.2, 0) is 11.8 Å². The van der Waals surface area contributed by atoms with Gasteiger partial charge in [-0.25, -0.2) is 14.5 Å². The summed E-state index contributed by atoms with van der Waals surface area (Å²) in [6.07, 6.45) is 3.61. The third-order valence-electron chi connectivity index (χ3n) is 5.22. The van der Waals surface area contributed by atoms with Gasteiger partial charge in [-0.15, -0.1) is 0 Å². The zero-order valence-electron chi connectivity index (χ0n) is 19.9. The van der Waals surface area contributed by atoms with E-state index in [1.165, 1.54) is 0 Å². The Hall–Kier alpha value is -3.89. The van der Waals surface area contributed by atoms with Crippen LogP contribution in [0.4, 0.5) is 16.3 Å². The topological polar surface area (TPSA) is 108 Å². The summed E-state index contributed by atoms with van der Waals surface area (Å²) >= 11 is 6.26. The van der Waals surface area contributed by atoms with Gasteiger partial charge in [0.05, 0.1) is 29.2 Å². The molecule has 2 amide bonds. The number of urea groups is 1. The van der Waals surface area contributed by atoms with E-state index in [1.807, 2.05) is 50.5 Å². The average Bonchev–Trinajstić information content (AvgIpc) is 3.41. The van der Waals surface area contributed by atoms with Gasteiger partial charge in [0, 0.05) is 31.5 Å². The molecule has 0 saturated carbocycles. The number of hydrogen-bond acceptors (Lipinski definition) is 6. The van der Waals surface area contributed by atoms with E-state index >= 15 is 0 Å². The van der Waals surface area contributed by atoms with Crippen molar-refractivity contribution in [3.05, 3.63) is 65.1 Å². The molecule has 10 nitrogen and oxygen atoms in total. The molecule has 0 saturated heterocycles. The lowest BCUT2D eigenvalue weighted by Gasteiger charge is -2.14. The van der Waals surface area contributed by atoms with Crippen LogP contribution < -0.4 is 15.4 Å². The number of halogens is 1. The Morgan fingerprint density at radius 3 is 2.60 bits per heavy atom. The van der Waals surface area contributed by atoms with Crippen LogP contribution in [-0.4, -0.2) is 50.9 Å². The summed E-state index contributed by atoms with van der Waals surface area (Å²) in [5.74, 6) is 0.768. The first-order valence-electron chi connectivity index (χ1n) is 10.9. The number of rotatable bonds is 8. The van der Waals surface area contributed by atoms with Gasteiger partial charge in [-0.2, -0.15) is 10.2 Å². The molecule has 4 rings (SSSR count). The molecule has 0 aliphatic carbocycles. The minimum Gasteiger partial charge on any atom is -0.474 e. The lowest BCUT2D eigenvalue weighted by atomic mass is 10.1. The van der Waals surface area contributed by atoms with Crippen molar-refractivity contribution in [2.45, 2.75) is 13.8 Å².